The Balaban J connectivity index is 1.93. The number of carbonyl (C=O) groups is 2. The highest BCUT2D eigenvalue weighted by atomic mass is 16.7. The zero-order chi connectivity index (χ0) is 9.97. The molecule has 2 aliphatic heterocycles. The normalized spacial score (nSPS) is 24.7. The van der Waals surface area contributed by atoms with Crippen molar-refractivity contribution in [2.24, 2.45) is 0 Å². The van der Waals surface area contributed by atoms with Crippen molar-refractivity contribution in [1.82, 2.24) is 4.90 Å². The number of hydrogen-bond donors (Lipinski definition) is 0. The fourth-order valence-electron chi connectivity index (χ4n) is 1.67. The second-order valence-corrected chi connectivity index (χ2v) is 3.42. The van der Waals surface area contributed by atoms with E-state index in [4.69, 9.17) is 9.47 Å². The van der Waals surface area contributed by atoms with Crippen molar-refractivity contribution in [3.8, 4) is 0 Å². The maximum atomic E-state index is 11.4. The molecule has 0 aliphatic carbocycles. The Morgan fingerprint density at radius 1 is 1.14 bits per heavy atom. The van der Waals surface area contributed by atoms with Crippen LogP contribution in [0.15, 0.2) is 0 Å². The maximum Gasteiger partial charge on any atom is 0.229 e. The summed E-state index contributed by atoms with van der Waals surface area (Å²) in [4.78, 5) is 24.0. The zero-order valence-electron chi connectivity index (χ0n) is 7.90. The average Bonchev–Trinajstić information content (AvgIpc) is 2.64. The van der Waals surface area contributed by atoms with Crippen molar-refractivity contribution in [1.29, 1.82) is 0 Å². The van der Waals surface area contributed by atoms with Crippen LogP contribution in [0.3, 0.4) is 0 Å². The van der Waals surface area contributed by atoms with Crippen LogP contribution in [0.25, 0.3) is 0 Å². The third-order valence-corrected chi connectivity index (χ3v) is 2.41. The van der Waals surface area contributed by atoms with Crippen LogP contribution in [-0.4, -0.2) is 42.8 Å². The molecule has 0 saturated carbocycles. The lowest BCUT2D eigenvalue weighted by atomic mass is 10.1. The van der Waals surface area contributed by atoms with Gasteiger partial charge in [-0.25, -0.2) is 0 Å². The van der Waals surface area contributed by atoms with E-state index in [1.807, 2.05) is 0 Å². The smallest absolute Gasteiger partial charge is 0.229 e. The molecule has 2 amide bonds. The summed E-state index contributed by atoms with van der Waals surface area (Å²) < 4.78 is 10.4. The molecular formula is C9H13NO4. The molecule has 0 atom stereocenters. The lowest BCUT2D eigenvalue weighted by Crippen LogP contribution is -2.44. The van der Waals surface area contributed by atoms with E-state index in [-0.39, 0.29) is 18.4 Å². The van der Waals surface area contributed by atoms with E-state index in [1.165, 1.54) is 4.90 Å². The second-order valence-electron chi connectivity index (χ2n) is 3.42. The third-order valence-electron chi connectivity index (χ3n) is 2.41. The monoisotopic (exact) mass is 199 g/mol. The summed E-state index contributed by atoms with van der Waals surface area (Å²) in [6, 6.07) is 0. The average molecular weight is 199 g/mol. The van der Waals surface area contributed by atoms with E-state index >= 15 is 0 Å². The first-order valence-electron chi connectivity index (χ1n) is 4.84. The summed E-state index contributed by atoms with van der Waals surface area (Å²) >= 11 is 0. The van der Waals surface area contributed by atoms with Crippen LogP contribution >= 0.6 is 0 Å². The van der Waals surface area contributed by atoms with Crippen LogP contribution in [0.2, 0.25) is 0 Å². The molecule has 2 aliphatic rings. The van der Waals surface area contributed by atoms with E-state index in [0.717, 1.165) is 0 Å². The molecule has 0 unspecified atom stereocenters. The molecule has 78 valence electrons. The van der Waals surface area contributed by atoms with Gasteiger partial charge in [0.2, 0.25) is 11.8 Å². The molecule has 2 rings (SSSR count). The molecule has 0 N–H and O–H groups in total. The lowest BCUT2D eigenvalue weighted by Gasteiger charge is -2.26. The van der Waals surface area contributed by atoms with E-state index in [0.29, 0.717) is 32.5 Å². The number of rotatable bonds is 2. The van der Waals surface area contributed by atoms with E-state index in [9.17, 15) is 9.59 Å². The number of amides is 2. The van der Waals surface area contributed by atoms with E-state index in [1.54, 1.807) is 0 Å². The van der Waals surface area contributed by atoms with Gasteiger partial charge in [-0.15, -0.1) is 0 Å². The Bertz CT molecular complexity index is 231. The first kappa shape index (κ1) is 9.61. The highest BCUT2D eigenvalue weighted by Gasteiger charge is 2.30. The summed E-state index contributed by atoms with van der Waals surface area (Å²) in [6.45, 7) is 1.33. The molecule has 2 saturated heterocycles. The number of imide groups is 1. The SMILES string of the molecule is O=C1CCCC(=O)N1CC1OCCO1. The second kappa shape index (κ2) is 4.06. The number of carbonyl (C=O) groups excluding carboxylic acids is 2. The summed E-state index contributed by atoms with van der Waals surface area (Å²) in [5.74, 6) is -0.222. The minimum absolute atomic E-state index is 0.111. The molecule has 2 heterocycles. The van der Waals surface area contributed by atoms with Gasteiger partial charge in [0.15, 0.2) is 6.29 Å². The van der Waals surface area contributed by atoms with Gasteiger partial charge in [-0.05, 0) is 6.42 Å². The number of piperidine rings is 1. The zero-order valence-corrected chi connectivity index (χ0v) is 7.90. The minimum Gasteiger partial charge on any atom is -0.348 e. The number of hydrogen-bond acceptors (Lipinski definition) is 4. The highest BCUT2D eigenvalue weighted by Crippen LogP contribution is 2.15. The molecule has 5 nitrogen and oxygen atoms in total. The van der Waals surface area contributed by atoms with E-state index < -0.39 is 6.29 Å². The number of ether oxygens (including phenoxy) is 2. The minimum atomic E-state index is -0.416. The van der Waals surface area contributed by atoms with Gasteiger partial charge in [0.05, 0.1) is 19.8 Å². The molecular weight excluding hydrogens is 186 g/mol. The summed E-state index contributed by atoms with van der Waals surface area (Å²) in [7, 11) is 0. The van der Waals surface area contributed by atoms with Gasteiger partial charge in [-0.1, -0.05) is 0 Å². The predicted molar refractivity (Wildman–Crippen MR) is 46.3 cm³/mol. The van der Waals surface area contributed by atoms with Crippen LogP contribution in [0, 0.1) is 0 Å². The molecule has 0 aromatic carbocycles. The van der Waals surface area contributed by atoms with E-state index in [2.05, 4.69) is 0 Å². The number of likely N-dealkylation sites (tertiary alicyclic amines) is 1. The van der Waals surface area contributed by atoms with Gasteiger partial charge in [0, 0.05) is 12.8 Å². The summed E-state index contributed by atoms with van der Waals surface area (Å²) in [6.07, 6.45) is 1.17. The molecule has 0 aromatic rings. The molecule has 14 heavy (non-hydrogen) atoms. The molecule has 0 radical (unpaired) electrons. The van der Waals surface area contributed by atoms with Crippen LogP contribution in [-0.2, 0) is 19.1 Å². The Morgan fingerprint density at radius 3 is 2.29 bits per heavy atom. The van der Waals surface area contributed by atoms with Crippen LogP contribution < -0.4 is 0 Å². The van der Waals surface area contributed by atoms with Crippen molar-refractivity contribution in [3.05, 3.63) is 0 Å². The quantitative estimate of drug-likeness (QED) is 0.583. The van der Waals surface area contributed by atoms with Crippen LogP contribution in [0.4, 0.5) is 0 Å². The van der Waals surface area contributed by atoms with Crippen molar-refractivity contribution >= 4 is 11.8 Å². The van der Waals surface area contributed by atoms with Gasteiger partial charge >= 0.3 is 0 Å². The van der Waals surface area contributed by atoms with Crippen molar-refractivity contribution in [3.63, 3.8) is 0 Å². The number of nitrogens with zero attached hydrogens (tertiary/aromatic N) is 1. The van der Waals surface area contributed by atoms with Gasteiger partial charge in [0.1, 0.15) is 0 Å². The first-order chi connectivity index (χ1) is 6.77. The van der Waals surface area contributed by atoms with Crippen molar-refractivity contribution in [2.75, 3.05) is 19.8 Å². The molecule has 0 bridgehead atoms. The fraction of sp³-hybridized carbons (Fsp3) is 0.778. The molecule has 0 spiro atoms. The fourth-order valence-corrected chi connectivity index (χ4v) is 1.67. The predicted octanol–water partition coefficient (Wildman–Crippen LogP) is -0.102. The Morgan fingerprint density at radius 2 is 1.71 bits per heavy atom. The van der Waals surface area contributed by atoms with Crippen molar-refractivity contribution in [2.45, 2.75) is 25.6 Å². The Kier molecular flexibility index (Phi) is 2.79. The topological polar surface area (TPSA) is 55.8 Å². The summed E-state index contributed by atoms with van der Waals surface area (Å²) in [5.41, 5.74) is 0. The highest BCUT2D eigenvalue weighted by molar-refractivity contribution is 5.97. The maximum absolute atomic E-state index is 11.4. The Hall–Kier alpha value is -0.940. The largest absolute Gasteiger partial charge is 0.348 e. The first-order valence-corrected chi connectivity index (χ1v) is 4.84. The van der Waals surface area contributed by atoms with Gasteiger partial charge in [0.25, 0.3) is 0 Å². The molecule has 2 fully saturated rings. The molecule has 0 aromatic heterocycles. The van der Waals surface area contributed by atoms with Crippen LogP contribution in [0.1, 0.15) is 19.3 Å². The summed E-state index contributed by atoms with van der Waals surface area (Å²) in [5, 5.41) is 0. The van der Waals surface area contributed by atoms with Crippen LogP contribution in [0.5, 0.6) is 0 Å². The molecule has 5 heteroatoms. The van der Waals surface area contributed by atoms with Gasteiger partial charge in [-0.2, -0.15) is 0 Å². The van der Waals surface area contributed by atoms with Gasteiger partial charge in [-0.3, -0.25) is 14.5 Å². The Labute approximate surface area is 82.0 Å². The van der Waals surface area contributed by atoms with Gasteiger partial charge < -0.3 is 9.47 Å². The third kappa shape index (κ3) is 1.93. The lowest BCUT2D eigenvalue weighted by molar-refractivity contribution is -0.154. The standard InChI is InChI=1S/C9H13NO4/c11-7-2-1-3-8(12)10(7)6-9-13-4-5-14-9/h9H,1-6H2. The van der Waals surface area contributed by atoms with Crippen molar-refractivity contribution < 1.29 is 19.1 Å².